The number of anilines is 1. The molecule has 1 atom stereocenters. The molecule has 7 heteroatoms. The van der Waals surface area contributed by atoms with Gasteiger partial charge in [-0.15, -0.1) is 10.2 Å². The molecule has 1 rings (SSSR count). The van der Waals surface area contributed by atoms with Gasteiger partial charge >= 0.3 is 0 Å². The zero-order valence-corrected chi connectivity index (χ0v) is 8.29. The lowest BCUT2D eigenvalue weighted by molar-refractivity contribution is 0.632. The van der Waals surface area contributed by atoms with Gasteiger partial charge in [0.2, 0.25) is 5.95 Å². The van der Waals surface area contributed by atoms with Crippen LogP contribution in [-0.4, -0.2) is 26.9 Å². The number of hydrogen-bond acceptors (Lipinski definition) is 6. The van der Waals surface area contributed by atoms with E-state index in [1.165, 1.54) is 4.68 Å². The van der Waals surface area contributed by atoms with Crippen LogP contribution in [0, 0.1) is 0 Å². The first-order chi connectivity index (χ1) is 6.16. The fourth-order valence-electron chi connectivity index (χ4n) is 0.943. The Bertz CT molecular complexity index is 272. The molecule has 6 nitrogen and oxygen atoms in total. The van der Waals surface area contributed by atoms with E-state index in [0.29, 0.717) is 5.82 Å². The second-order valence-corrected chi connectivity index (χ2v) is 3.66. The smallest absolute Gasteiger partial charge is 0.240 e. The maximum Gasteiger partial charge on any atom is 0.240 e. The van der Waals surface area contributed by atoms with Crippen LogP contribution in [0.5, 0.6) is 0 Å². The van der Waals surface area contributed by atoms with Gasteiger partial charge < -0.3 is 17.3 Å². The highest BCUT2D eigenvalue weighted by atomic mass is 32.2. The summed E-state index contributed by atoms with van der Waals surface area (Å²) < 4.78 is 1.23. The number of nitrogens with zero attached hydrogens (tertiary/aromatic N) is 3. The summed E-state index contributed by atoms with van der Waals surface area (Å²) in [4.78, 5) is 0. The first-order valence-corrected chi connectivity index (χ1v) is 5.26. The van der Waals surface area contributed by atoms with Gasteiger partial charge in [0.1, 0.15) is 0 Å². The van der Waals surface area contributed by atoms with E-state index < -0.39 is 0 Å². The first kappa shape index (κ1) is 10.1. The summed E-state index contributed by atoms with van der Waals surface area (Å²) in [5.41, 5.74) is 11.2. The van der Waals surface area contributed by atoms with E-state index in [-0.39, 0.29) is 12.0 Å². The summed E-state index contributed by atoms with van der Waals surface area (Å²) in [7, 11) is 0. The standard InChI is InChI=1S/C6H14N6S/c1-13-3-2-4(7)5-10-11-6(8)12(5)9/h4H,2-3,7,9H2,1H3,(H2,8,11)/t4-/m1/s1. The fourth-order valence-corrected chi connectivity index (χ4v) is 1.43. The average Bonchev–Trinajstić information content (AvgIpc) is 2.44. The molecule has 0 aliphatic carbocycles. The molecule has 0 aromatic carbocycles. The van der Waals surface area contributed by atoms with Crippen molar-refractivity contribution < 1.29 is 0 Å². The highest BCUT2D eigenvalue weighted by molar-refractivity contribution is 7.98. The van der Waals surface area contributed by atoms with Gasteiger partial charge in [-0.3, -0.25) is 0 Å². The Balaban J connectivity index is 2.65. The lowest BCUT2D eigenvalue weighted by Crippen LogP contribution is -2.22. The summed E-state index contributed by atoms with van der Waals surface area (Å²) in [5.74, 6) is 7.24. The quantitative estimate of drug-likeness (QED) is 0.558. The number of nitrogen functional groups attached to an aromatic ring is 2. The highest BCUT2D eigenvalue weighted by Gasteiger charge is 2.14. The summed E-state index contributed by atoms with van der Waals surface area (Å²) >= 11 is 1.73. The molecule has 1 aromatic rings. The third-order valence-corrected chi connectivity index (χ3v) is 2.36. The van der Waals surface area contributed by atoms with Crippen LogP contribution in [0.1, 0.15) is 18.3 Å². The van der Waals surface area contributed by atoms with Crippen molar-refractivity contribution >= 4 is 17.7 Å². The second kappa shape index (κ2) is 4.33. The Kier molecular flexibility index (Phi) is 3.38. The molecule has 13 heavy (non-hydrogen) atoms. The minimum atomic E-state index is -0.192. The topological polar surface area (TPSA) is 109 Å². The van der Waals surface area contributed by atoms with Crippen molar-refractivity contribution in [1.29, 1.82) is 0 Å². The van der Waals surface area contributed by atoms with Gasteiger partial charge in [-0.2, -0.15) is 11.8 Å². The van der Waals surface area contributed by atoms with Crippen molar-refractivity contribution in [3.8, 4) is 0 Å². The molecule has 0 saturated carbocycles. The van der Waals surface area contributed by atoms with E-state index in [9.17, 15) is 0 Å². The van der Waals surface area contributed by atoms with E-state index in [1.54, 1.807) is 11.8 Å². The van der Waals surface area contributed by atoms with Crippen LogP contribution in [-0.2, 0) is 0 Å². The maximum absolute atomic E-state index is 5.82. The van der Waals surface area contributed by atoms with E-state index in [4.69, 9.17) is 17.3 Å². The predicted molar refractivity (Wildman–Crippen MR) is 54.5 cm³/mol. The lowest BCUT2D eigenvalue weighted by atomic mass is 10.2. The molecule has 0 bridgehead atoms. The molecule has 74 valence electrons. The van der Waals surface area contributed by atoms with Crippen LogP contribution in [0.25, 0.3) is 0 Å². The Morgan fingerprint density at radius 1 is 1.54 bits per heavy atom. The zero-order valence-electron chi connectivity index (χ0n) is 7.47. The van der Waals surface area contributed by atoms with Crippen molar-refractivity contribution in [3.05, 3.63) is 5.82 Å². The number of thioether (sulfide) groups is 1. The second-order valence-electron chi connectivity index (χ2n) is 2.67. The minimum absolute atomic E-state index is 0.189. The summed E-state index contributed by atoms with van der Waals surface area (Å²) in [6.45, 7) is 0. The fraction of sp³-hybridized carbons (Fsp3) is 0.667. The van der Waals surface area contributed by atoms with Crippen LogP contribution in [0.4, 0.5) is 5.95 Å². The van der Waals surface area contributed by atoms with Crippen molar-refractivity contribution in [1.82, 2.24) is 14.9 Å². The maximum atomic E-state index is 5.82. The van der Waals surface area contributed by atoms with Gasteiger partial charge in [0.05, 0.1) is 6.04 Å². The largest absolute Gasteiger partial charge is 0.366 e. The molecule has 0 spiro atoms. The average molecular weight is 202 g/mol. The summed E-state index contributed by atoms with van der Waals surface area (Å²) in [5, 5.41) is 7.42. The molecule has 1 heterocycles. The highest BCUT2D eigenvalue weighted by Crippen LogP contribution is 2.13. The Labute approximate surface area is 80.8 Å². The van der Waals surface area contributed by atoms with Crippen molar-refractivity contribution in [2.24, 2.45) is 5.73 Å². The number of hydrogen-bond donors (Lipinski definition) is 3. The third-order valence-electron chi connectivity index (χ3n) is 1.71. The van der Waals surface area contributed by atoms with E-state index in [1.807, 2.05) is 6.26 Å². The lowest BCUT2D eigenvalue weighted by Gasteiger charge is -2.08. The Morgan fingerprint density at radius 2 is 2.23 bits per heavy atom. The van der Waals surface area contributed by atoms with Crippen LogP contribution in [0.2, 0.25) is 0 Å². The number of aromatic nitrogens is 3. The molecular formula is C6H14N6S. The van der Waals surface area contributed by atoms with Crippen LogP contribution in [0.15, 0.2) is 0 Å². The van der Waals surface area contributed by atoms with Crippen LogP contribution in [0.3, 0.4) is 0 Å². The van der Waals surface area contributed by atoms with Gasteiger partial charge in [0.25, 0.3) is 0 Å². The van der Waals surface area contributed by atoms with Crippen molar-refractivity contribution in [2.75, 3.05) is 23.6 Å². The SMILES string of the molecule is CSCC[C@@H](N)c1nnc(N)n1N. The van der Waals surface area contributed by atoms with Crippen LogP contribution >= 0.6 is 11.8 Å². The van der Waals surface area contributed by atoms with Gasteiger partial charge in [-0.05, 0) is 18.4 Å². The molecule has 6 N–H and O–H groups in total. The predicted octanol–water partition coefficient (Wildman–Crippen LogP) is -0.673. The van der Waals surface area contributed by atoms with Crippen molar-refractivity contribution in [2.45, 2.75) is 12.5 Å². The molecule has 0 amide bonds. The molecule has 0 fully saturated rings. The van der Waals surface area contributed by atoms with E-state index in [2.05, 4.69) is 10.2 Å². The summed E-state index contributed by atoms with van der Waals surface area (Å²) in [6.07, 6.45) is 2.84. The van der Waals surface area contributed by atoms with Gasteiger partial charge in [-0.25, -0.2) is 4.68 Å². The van der Waals surface area contributed by atoms with E-state index >= 15 is 0 Å². The van der Waals surface area contributed by atoms with Crippen molar-refractivity contribution in [3.63, 3.8) is 0 Å². The Hall–Kier alpha value is -0.950. The molecular weight excluding hydrogens is 188 g/mol. The van der Waals surface area contributed by atoms with Crippen LogP contribution < -0.4 is 17.3 Å². The first-order valence-electron chi connectivity index (χ1n) is 3.87. The minimum Gasteiger partial charge on any atom is -0.366 e. The van der Waals surface area contributed by atoms with Gasteiger partial charge in [0, 0.05) is 0 Å². The normalized spacial score (nSPS) is 13.1. The number of nitrogens with two attached hydrogens (primary N) is 3. The van der Waals surface area contributed by atoms with Gasteiger partial charge in [-0.1, -0.05) is 0 Å². The summed E-state index contributed by atoms with van der Waals surface area (Å²) in [6, 6.07) is -0.192. The monoisotopic (exact) mass is 202 g/mol. The molecule has 1 aromatic heterocycles. The van der Waals surface area contributed by atoms with E-state index in [0.717, 1.165) is 12.2 Å². The Morgan fingerprint density at radius 3 is 2.69 bits per heavy atom. The zero-order chi connectivity index (χ0) is 9.84. The molecule has 0 aliphatic rings. The molecule has 0 aliphatic heterocycles. The molecule has 0 saturated heterocycles. The third kappa shape index (κ3) is 2.25. The molecule has 0 unspecified atom stereocenters. The number of rotatable bonds is 4. The molecule has 0 radical (unpaired) electrons. The van der Waals surface area contributed by atoms with Gasteiger partial charge in [0.15, 0.2) is 5.82 Å².